The van der Waals surface area contributed by atoms with E-state index in [0.29, 0.717) is 11.4 Å². The van der Waals surface area contributed by atoms with Crippen LogP contribution in [0.2, 0.25) is 0 Å². The molecule has 0 saturated heterocycles. The molecule has 104 valence electrons. The predicted octanol–water partition coefficient (Wildman–Crippen LogP) is 3.71. The topological polar surface area (TPSA) is 78.4 Å². The van der Waals surface area contributed by atoms with Crippen molar-refractivity contribution in [3.05, 3.63) is 45.6 Å². The molecular weight excluding hydrogens is 276 g/mol. The smallest absolute Gasteiger partial charge is 0.348 e. The van der Waals surface area contributed by atoms with Crippen molar-refractivity contribution in [3.63, 3.8) is 0 Å². The molecule has 3 N–H and O–H groups in total. The number of benzene rings is 1. The maximum absolute atomic E-state index is 11.9. The third-order valence-corrected chi connectivity index (χ3v) is 3.80. The van der Waals surface area contributed by atoms with Crippen LogP contribution in [-0.4, -0.2) is 17.1 Å². The van der Waals surface area contributed by atoms with Crippen molar-refractivity contribution in [2.75, 3.05) is 10.6 Å². The van der Waals surface area contributed by atoms with Gasteiger partial charge in [-0.05, 0) is 36.9 Å². The van der Waals surface area contributed by atoms with Gasteiger partial charge in [0.05, 0.1) is 5.69 Å². The first-order valence-corrected chi connectivity index (χ1v) is 6.81. The van der Waals surface area contributed by atoms with E-state index in [1.54, 1.807) is 24.4 Å². The highest BCUT2D eigenvalue weighted by molar-refractivity contribution is 7.12. The van der Waals surface area contributed by atoms with Gasteiger partial charge in [-0.1, -0.05) is 17.7 Å². The van der Waals surface area contributed by atoms with Gasteiger partial charge in [0.1, 0.15) is 4.88 Å². The van der Waals surface area contributed by atoms with Gasteiger partial charge in [-0.2, -0.15) is 0 Å². The number of amides is 2. The van der Waals surface area contributed by atoms with Crippen LogP contribution < -0.4 is 10.6 Å². The summed E-state index contributed by atoms with van der Waals surface area (Å²) >= 11 is 1.09. The molecule has 0 fully saturated rings. The van der Waals surface area contributed by atoms with Crippen LogP contribution in [0.1, 0.15) is 20.8 Å². The Bertz CT molecular complexity index is 647. The Kier molecular flexibility index (Phi) is 4.05. The summed E-state index contributed by atoms with van der Waals surface area (Å²) in [5.41, 5.74) is 2.81. The molecule has 0 aliphatic heterocycles. The van der Waals surface area contributed by atoms with E-state index in [9.17, 15) is 9.59 Å². The van der Waals surface area contributed by atoms with Crippen LogP contribution in [0.3, 0.4) is 0 Å². The monoisotopic (exact) mass is 290 g/mol. The van der Waals surface area contributed by atoms with Crippen molar-refractivity contribution in [2.45, 2.75) is 13.8 Å². The minimum atomic E-state index is -1.05. The number of rotatable bonds is 3. The molecule has 20 heavy (non-hydrogen) atoms. The van der Waals surface area contributed by atoms with Gasteiger partial charge < -0.3 is 15.7 Å². The van der Waals surface area contributed by atoms with Crippen LogP contribution in [0.15, 0.2) is 29.6 Å². The van der Waals surface area contributed by atoms with Gasteiger partial charge in [0.15, 0.2) is 0 Å². The molecule has 1 aromatic heterocycles. The summed E-state index contributed by atoms with van der Waals surface area (Å²) in [7, 11) is 0. The quantitative estimate of drug-likeness (QED) is 0.806. The number of carbonyl (C=O) groups excluding carboxylic acids is 1. The molecule has 2 amide bonds. The molecule has 6 heteroatoms. The number of urea groups is 1. The summed E-state index contributed by atoms with van der Waals surface area (Å²) in [4.78, 5) is 23.1. The Morgan fingerprint density at radius 2 is 1.75 bits per heavy atom. The maximum atomic E-state index is 11.9. The van der Waals surface area contributed by atoms with Crippen molar-refractivity contribution in [1.82, 2.24) is 0 Å². The highest BCUT2D eigenvalue weighted by Crippen LogP contribution is 2.27. The Morgan fingerprint density at radius 3 is 2.35 bits per heavy atom. The van der Waals surface area contributed by atoms with Crippen molar-refractivity contribution in [1.29, 1.82) is 0 Å². The zero-order chi connectivity index (χ0) is 14.7. The minimum Gasteiger partial charge on any atom is -0.477 e. The third kappa shape index (κ3) is 3.16. The fraction of sp³-hybridized carbons (Fsp3) is 0.143. The van der Waals surface area contributed by atoms with E-state index in [1.165, 1.54) is 0 Å². The van der Waals surface area contributed by atoms with Gasteiger partial charge in [-0.3, -0.25) is 0 Å². The molecule has 0 bridgehead atoms. The molecule has 0 aliphatic rings. The zero-order valence-corrected chi connectivity index (χ0v) is 11.9. The number of thiophene rings is 1. The largest absolute Gasteiger partial charge is 0.477 e. The third-order valence-electron chi connectivity index (χ3n) is 2.72. The zero-order valence-electron chi connectivity index (χ0n) is 11.1. The number of carboxylic acids is 1. The van der Waals surface area contributed by atoms with E-state index >= 15 is 0 Å². The highest BCUT2D eigenvalue weighted by Gasteiger charge is 2.17. The SMILES string of the molecule is Cc1ccc(NC(=O)Nc2c(C)csc2C(=O)O)cc1. The van der Waals surface area contributed by atoms with E-state index in [-0.39, 0.29) is 4.88 Å². The van der Waals surface area contributed by atoms with Crippen LogP contribution in [-0.2, 0) is 0 Å². The summed E-state index contributed by atoms with van der Waals surface area (Å²) in [6, 6.07) is 6.88. The Balaban J connectivity index is 2.10. The lowest BCUT2D eigenvalue weighted by atomic mass is 10.2. The molecule has 0 atom stereocenters. The highest BCUT2D eigenvalue weighted by atomic mass is 32.1. The number of aromatic carboxylic acids is 1. The van der Waals surface area contributed by atoms with Crippen LogP contribution in [0.25, 0.3) is 0 Å². The van der Waals surface area contributed by atoms with Gasteiger partial charge in [0.25, 0.3) is 0 Å². The molecule has 0 saturated carbocycles. The Labute approximate surface area is 120 Å². The number of nitrogens with one attached hydrogen (secondary N) is 2. The molecule has 2 aromatic rings. The Hall–Kier alpha value is -2.34. The molecule has 0 aliphatic carbocycles. The number of aryl methyl sites for hydroxylation is 2. The molecule has 0 spiro atoms. The second kappa shape index (κ2) is 5.75. The maximum Gasteiger partial charge on any atom is 0.348 e. The first-order valence-electron chi connectivity index (χ1n) is 5.93. The standard InChI is InChI=1S/C14H14N2O3S/c1-8-3-5-10(6-4-8)15-14(19)16-11-9(2)7-20-12(11)13(17)18/h3-7H,1-2H3,(H,17,18)(H2,15,16,19). The van der Waals surface area contributed by atoms with E-state index < -0.39 is 12.0 Å². The van der Waals surface area contributed by atoms with Crippen molar-refractivity contribution < 1.29 is 14.7 Å². The number of hydrogen-bond donors (Lipinski definition) is 3. The lowest BCUT2D eigenvalue weighted by Gasteiger charge is -2.08. The van der Waals surface area contributed by atoms with E-state index in [2.05, 4.69) is 10.6 Å². The van der Waals surface area contributed by atoms with Gasteiger partial charge in [0, 0.05) is 5.69 Å². The second-order valence-corrected chi connectivity index (χ2v) is 5.25. The van der Waals surface area contributed by atoms with E-state index in [0.717, 1.165) is 22.5 Å². The minimum absolute atomic E-state index is 0.126. The molecule has 0 radical (unpaired) electrons. The Morgan fingerprint density at radius 1 is 1.10 bits per heavy atom. The lowest BCUT2D eigenvalue weighted by Crippen LogP contribution is -2.20. The molecule has 2 rings (SSSR count). The second-order valence-electron chi connectivity index (χ2n) is 4.37. The van der Waals surface area contributed by atoms with E-state index in [1.807, 2.05) is 19.1 Å². The molecule has 5 nitrogen and oxygen atoms in total. The van der Waals surface area contributed by atoms with Crippen LogP contribution >= 0.6 is 11.3 Å². The van der Waals surface area contributed by atoms with Gasteiger partial charge >= 0.3 is 12.0 Å². The van der Waals surface area contributed by atoms with Crippen molar-refractivity contribution in [3.8, 4) is 0 Å². The average Bonchev–Trinajstić information content (AvgIpc) is 2.74. The lowest BCUT2D eigenvalue weighted by molar-refractivity contribution is 0.0703. The van der Waals surface area contributed by atoms with Crippen LogP contribution in [0.4, 0.5) is 16.2 Å². The number of carboxylic acid groups (broad SMARTS) is 1. The first-order chi connectivity index (χ1) is 9.47. The van der Waals surface area contributed by atoms with E-state index in [4.69, 9.17) is 5.11 Å². The average molecular weight is 290 g/mol. The number of hydrogen-bond acceptors (Lipinski definition) is 3. The number of carbonyl (C=O) groups is 2. The summed E-state index contributed by atoms with van der Waals surface area (Å²) in [5, 5.41) is 16.0. The summed E-state index contributed by atoms with van der Waals surface area (Å²) in [5.74, 6) is -1.05. The summed E-state index contributed by atoms with van der Waals surface area (Å²) in [6.07, 6.45) is 0. The molecular formula is C14H14N2O3S. The first kappa shape index (κ1) is 14.1. The van der Waals surface area contributed by atoms with Crippen LogP contribution in [0.5, 0.6) is 0 Å². The summed E-state index contributed by atoms with van der Waals surface area (Å²) in [6.45, 7) is 3.71. The number of anilines is 2. The van der Waals surface area contributed by atoms with Crippen molar-refractivity contribution >= 4 is 34.7 Å². The fourth-order valence-corrected chi connectivity index (χ4v) is 2.51. The van der Waals surface area contributed by atoms with Gasteiger partial charge in [-0.25, -0.2) is 9.59 Å². The molecule has 1 aromatic carbocycles. The van der Waals surface area contributed by atoms with Crippen molar-refractivity contribution in [2.24, 2.45) is 0 Å². The normalized spacial score (nSPS) is 10.1. The van der Waals surface area contributed by atoms with Gasteiger partial charge in [-0.15, -0.1) is 11.3 Å². The fourth-order valence-electron chi connectivity index (χ4n) is 1.67. The summed E-state index contributed by atoms with van der Waals surface area (Å²) < 4.78 is 0. The van der Waals surface area contributed by atoms with Crippen LogP contribution in [0, 0.1) is 13.8 Å². The molecule has 0 unspecified atom stereocenters. The van der Waals surface area contributed by atoms with Gasteiger partial charge in [0.2, 0.25) is 0 Å². The predicted molar refractivity (Wildman–Crippen MR) is 79.8 cm³/mol. The molecule has 1 heterocycles.